The summed E-state index contributed by atoms with van der Waals surface area (Å²) in [4.78, 5) is 27.5. The molecule has 3 rings (SSSR count). The van der Waals surface area contributed by atoms with Gasteiger partial charge in [0.15, 0.2) is 0 Å². The average molecular weight is 470 g/mol. The number of amides is 2. The molecule has 2 aliphatic rings. The van der Waals surface area contributed by atoms with Crippen LogP contribution >= 0.6 is 11.3 Å². The van der Waals surface area contributed by atoms with Crippen molar-refractivity contribution in [2.24, 2.45) is 11.8 Å². The minimum atomic E-state index is -3.54. The van der Waals surface area contributed by atoms with Crippen molar-refractivity contribution in [3.63, 3.8) is 0 Å². The second-order valence-electron chi connectivity index (χ2n) is 8.61. The second-order valence-corrected chi connectivity index (χ2v) is 11.7. The fourth-order valence-corrected chi connectivity index (χ4v) is 7.13. The van der Waals surface area contributed by atoms with Crippen LogP contribution in [0.5, 0.6) is 0 Å². The summed E-state index contributed by atoms with van der Waals surface area (Å²) in [5, 5.41) is 4.78. The van der Waals surface area contributed by atoms with Crippen LogP contribution < -0.4 is 5.32 Å². The molecule has 1 aromatic heterocycles. The van der Waals surface area contributed by atoms with Crippen LogP contribution in [0.1, 0.15) is 58.3 Å². The Labute approximate surface area is 190 Å². The molecular weight excluding hydrogens is 434 g/mol. The van der Waals surface area contributed by atoms with Crippen molar-refractivity contribution in [2.45, 2.75) is 62.5 Å². The van der Waals surface area contributed by atoms with Gasteiger partial charge in [-0.1, -0.05) is 32.3 Å². The minimum Gasteiger partial charge on any atom is -0.356 e. The summed E-state index contributed by atoms with van der Waals surface area (Å²) in [7, 11) is -3.54. The number of hydrogen-bond acceptors (Lipinski definition) is 5. The quantitative estimate of drug-likeness (QED) is 0.563. The van der Waals surface area contributed by atoms with E-state index in [1.165, 1.54) is 28.5 Å². The van der Waals surface area contributed by atoms with E-state index in [1.807, 2.05) is 0 Å². The maximum atomic E-state index is 13.2. The molecular formula is C22H35N3O4S2. The number of hydrogen-bond donors (Lipinski definition) is 1. The Morgan fingerprint density at radius 2 is 1.87 bits per heavy atom. The van der Waals surface area contributed by atoms with Crippen LogP contribution in [0, 0.1) is 11.8 Å². The van der Waals surface area contributed by atoms with Crippen molar-refractivity contribution in [3.05, 3.63) is 17.5 Å². The normalized spacial score (nSPS) is 22.9. The summed E-state index contributed by atoms with van der Waals surface area (Å²) in [6.45, 7) is 4.62. The summed E-state index contributed by atoms with van der Waals surface area (Å²) < 4.78 is 27.5. The maximum Gasteiger partial charge on any atom is 0.252 e. The summed E-state index contributed by atoms with van der Waals surface area (Å²) in [5.74, 6) is -0.469. The molecule has 2 aliphatic heterocycles. The molecule has 0 bridgehead atoms. The van der Waals surface area contributed by atoms with E-state index in [4.69, 9.17) is 0 Å². The van der Waals surface area contributed by atoms with E-state index >= 15 is 0 Å². The highest BCUT2D eigenvalue weighted by Gasteiger charge is 2.37. The Kier molecular flexibility index (Phi) is 8.92. The minimum absolute atomic E-state index is 0.00785. The van der Waals surface area contributed by atoms with E-state index in [-0.39, 0.29) is 30.2 Å². The standard InChI is InChI=1S/C22H35N3O4S2/c1-2-3-4-5-12-23-21(26)18-9-6-13-24(16-18)22(27)19-10-7-14-25(17-19)31(28,29)20-11-8-15-30-20/h8,11,15,18-19H,2-7,9-10,12-14,16-17H2,1H3,(H,23,26). The number of piperidine rings is 2. The van der Waals surface area contributed by atoms with Gasteiger partial charge in [0, 0.05) is 32.7 Å². The van der Waals surface area contributed by atoms with Crippen LogP contribution in [0.2, 0.25) is 0 Å². The lowest BCUT2D eigenvalue weighted by Crippen LogP contribution is -2.50. The number of sulfonamides is 1. The third-order valence-corrected chi connectivity index (χ3v) is 9.49. The molecule has 2 amide bonds. The van der Waals surface area contributed by atoms with Gasteiger partial charge in [0.05, 0.1) is 11.8 Å². The molecule has 2 saturated heterocycles. The van der Waals surface area contributed by atoms with Gasteiger partial charge in [0.2, 0.25) is 11.8 Å². The fourth-order valence-electron chi connectivity index (χ4n) is 4.46. The molecule has 0 radical (unpaired) electrons. The van der Waals surface area contributed by atoms with Crippen LogP contribution in [0.15, 0.2) is 21.7 Å². The molecule has 2 unspecified atom stereocenters. The molecule has 2 atom stereocenters. The van der Waals surface area contributed by atoms with Gasteiger partial charge in [-0.05, 0) is 43.6 Å². The van der Waals surface area contributed by atoms with Gasteiger partial charge in [-0.2, -0.15) is 4.31 Å². The average Bonchev–Trinajstić information content (AvgIpc) is 3.34. The number of unbranched alkanes of at least 4 members (excludes halogenated alkanes) is 3. The van der Waals surface area contributed by atoms with E-state index in [1.54, 1.807) is 22.4 Å². The zero-order chi connectivity index (χ0) is 22.3. The molecule has 2 fully saturated rings. The van der Waals surface area contributed by atoms with Crippen LogP contribution in [0.4, 0.5) is 0 Å². The summed E-state index contributed by atoms with van der Waals surface area (Å²) in [6, 6.07) is 3.34. The van der Waals surface area contributed by atoms with Gasteiger partial charge >= 0.3 is 0 Å². The molecule has 0 aliphatic carbocycles. The molecule has 0 saturated carbocycles. The molecule has 174 valence electrons. The Bertz CT molecular complexity index is 826. The number of nitrogens with one attached hydrogen (secondary N) is 1. The van der Waals surface area contributed by atoms with Crippen LogP contribution in [-0.2, 0) is 19.6 Å². The number of rotatable bonds is 9. The molecule has 0 spiro atoms. The lowest BCUT2D eigenvalue weighted by Gasteiger charge is -2.37. The van der Waals surface area contributed by atoms with E-state index < -0.39 is 10.0 Å². The molecule has 1 aromatic rings. The predicted octanol–water partition coefficient (Wildman–Crippen LogP) is 3.08. The topological polar surface area (TPSA) is 86.8 Å². The number of likely N-dealkylation sites (tertiary alicyclic amines) is 1. The first-order valence-corrected chi connectivity index (χ1v) is 13.9. The van der Waals surface area contributed by atoms with Gasteiger partial charge in [0.25, 0.3) is 10.0 Å². The Morgan fingerprint density at radius 3 is 2.61 bits per heavy atom. The molecule has 0 aromatic carbocycles. The van der Waals surface area contributed by atoms with Gasteiger partial charge < -0.3 is 10.2 Å². The van der Waals surface area contributed by atoms with Crippen molar-refractivity contribution in [1.82, 2.24) is 14.5 Å². The van der Waals surface area contributed by atoms with Gasteiger partial charge in [-0.25, -0.2) is 8.42 Å². The Balaban J connectivity index is 1.53. The zero-order valence-electron chi connectivity index (χ0n) is 18.4. The molecule has 3 heterocycles. The number of carbonyl (C=O) groups excluding carboxylic acids is 2. The lowest BCUT2D eigenvalue weighted by atomic mass is 9.93. The zero-order valence-corrected chi connectivity index (χ0v) is 20.1. The van der Waals surface area contributed by atoms with Crippen LogP contribution in [-0.4, -0.2) is 62.2 Å². The largest absolute Gasteiger partial charge is 0.356 e. The first-order chi connectivity index (χ1) is 14.9. The summed E-state index contributed by atoms with van der Waals surface area (Å²) in [6.07, 6.45) is 7.45. The van der Waals surface area contributed by atoms with Crippen molar-refractivity contribution in [2.75, 3.05) is 32.7 Å². The van der Waals surface area contributed by atoms with E-state index in [9.17, 15) is 18.0 Å². The van der Waals surface area contributed by atoms with E-state index in [2.05, 4.69) is 12.2 Å². The molecule has 1 N–H and O–H groups in total. The first kappa shape index (κ1) is 24.2. The van der Waals surface area contributed by atoms with Crippen LogP contribution in [0.3, 0.4) is 0 Å². The van der Waals surface area contributed by atoms with Crippen molar-refractivity contribution in [1.29, 1.82) is 0 Å². The highest BCUT2D eigenvalue weighted by Crippen LogP contribution is 2.28. The van der Waals surface area contributed by atoms with Gasteiger partial charge in [-0.15, -0.1) is 11.3 Å². The Morgan fingerprint density at radius 1 is 1.10 bits per heavy atom. The van der Waals surface area contributed by atoms with Gasteiger partial charge in [0.1, 0.15) is 4.21 Å². The smallest absolute Gasteiger partial charge is 0.252 e. The van der Waals surface area contributed by atoms with Crippen LogP contribution in [0.25, 0.3) is 0 Å². The van der Waals surface area contributed by atoms with E-state index in [0.717, 1.165) is 25.7 Å². The summed E-state index contributed by atoms with van der Waals surface area (Å²) in [5.41, 5.74) is 0. The van der Waals surface area contributed by atoms with Crippen molar-refractivity contribution >= 4 is 33.2 Å². The molecule has 31 heavy (non-hydrogen) atoms. The highest BCUT2D eigenvalue weighted by molar-refractivity contribution is 7.91. The SMILES string of the molecule is CCCCCCNC(=O)C1CCCN(C(=O)C2CCCN(S(=O)(=O)c3cccs3)C2)C1. The number of thiophene rings is 1. The first-order valence-electron chi connectivity index (χ1n) is 11.5. The lowest BCUT2D eigenvalue weighted by molar-refractivity contribution is -0.140. The number of nitrogens with zero attached hydrogens (tertiary/aromatic N) is 2. The third kappa shape index (κ3) is 6.29. The second kappa shape index (κ2) is 11.4. The van der Waals surface area contributed by atoms with E-state index in [0.29, 0.717) is 43.2 Å². The monoisotopic (exact) mass is 469 g/mol. The Hall–Kier alpha value is -1.45. The van der Waals surface area contributed by atoms with Crippen molar-refractivity contribution in [3.8, 4) is 0 Å². The number of carbonyl (C=O) groups is 2. The molecule has 9 heteroatoms. The fraction of sp³-hybridized carbons (Fsp3) is 0.727. The predicted molar refractivity (Wildman–Crippen MR) is 122 cm³/mol. The van der Waals surface area contributed by atoms with Gasteiger partial charge in [-0.3, -0.25) is 9.59 Å². The maximum absolute atomic E-state index is 13.2. The highest BCUT2D eigenvalue weighted by atomic mass is 32.2. The van der Waals surface area contributed by atoms with Crippen molar-refractivity contribution < 1.29 is 18.0 Å². The third-order valence-electron chi connectivity index (χ3n) is 6.26. The molecule has 7 nitrogen and oxygen atoms in total. The summed E-state index contributed by atoms with van der Waals surface area (Å²) >= 11 is 1.21.